The van der Waals surface area contributed by atoms with Crippen LogP contribution in [0, 0.1) is 5.92 Å². The Morgan fingerprint density at radius 2 is 2.00 bits per heavy atom. The molecule has 3 nitrogen and oxygen atoms in total. The molecule has 0 heterocycles. The fourth-order valence-corrected chi connectivity index (χ4v) is 2.67. The molecule has 1 fully saturated rings. The van der Waals surface area contributed by atoms with Crippen molar-refractivity contribution in [3.63, 3.8) is 0 Å². The zero-order chi connectivity index (χ0) is 12.0. The van der Waals surface area contributed by atoms with Crippen molar-refractivity contribution < 1.29 is 5.11 Å². The van der Waals surface area contributed by atoms with E-state index in [0.717, 1.165) is 12.5 Å². The average Bonchev–Trinajstić information content (AvgIpc) is 2.52. The van der Waals surface area contributed by atoms with Crippen LogP contribution in [0.15, 0.2) is 0 Å². The fraction of sp³-hybridized carbons (Fsp3) is 1.00. The summed E-state index contributed by atoms with van der Waals surface area (Å²) >= 11 is 0. The predicted molar refractivity (Wildman–Crippen MR) is 68.6 cm³/mol. The number of rotatable bonds is 5. The molecular formula is C13H28N2O. The van der Waals surface area contributed by atoms with E-state index in [1.54, 1.807) is 0 Å². The molecule has 3 atom stereocenters. The third-order valence-corrected chi connectivity index (χ3v) is 4.07. The Morgan fingerprint density at radius 3 is 2.62 bits per heavy atom. The summed E-state index contributed by atoms with van der Waals surface area (Å²) in [4.78, 5) is 2.29. The van der Waals surface area contributed by atoms with Crippen LogP contribution in [0.4, 0.5) is 0 Å². The largest absolute Gasteiger partial charge is 0.395 e. The number of hydrogen-bond donors (Lipinski definition) is 2. The van der Waals surface area contributed by atoms with Gasteiger partial charge in [-0.2, -0.15) is 0 Å². The van der Waals surface area contributed by atoms with E-state index < -0.39 is 0 Å². The summed E-state index contributed by atoms with van der Waals surface area (Å²) in [5.41, 5.74) is 0. The van der Waals surface area contributed by atoms with Gasteiger partial charge in [0.05, 0.1) is 6.61 Å². The van der Waals surface area contributed by atoms with Crippen molar-refractivity contribution in [2.75, 3.05) is 27.2 Å². The quantitative estimate of drug-likeness (QED) is 0.700. The standard InChI is InChI=1S/C13H28N2O/c1-11(10-16)15(3)9-12-7-5-4-6-8-13(12)14-2/h11-14,16H,4-10H2,1-3H3. The van der Waals surface area contributed by atoms with Crippen molar-refractivity contribution in [1.82, 2.24) is 10.2 Å². The number of aliphatic hydroxyl groups excluding tert-OH is 1. The number of nitrogens with zero attached hydrogens (tertiary/aromatic N) is 1. The fourth-order valence-electron chi connectivity index (χ4n) is 2.67. The summed E-state index contributed by atoms with van der Waals surface area (Å²) in [6.45, 7) is 3.45. The monoisotopic (exact) mass is 228 g/mol. The molecular weight excluding hydrogens is 200 g/mol. The summed E-state index contributed by atoms with van der Waals surface area (Å²) in [6, 6.07) is 0.941. The average molecular weight is 228 g/mol. The lowest BCUT2D eigenvalue weighted by Gasteiger charge is -2.31. The minimum Gasteiger partial charge on any atom is -0.395 e. The predicted octanol–water partition coefficient (Wildman–Crippen LogP) is 1.47. The maximum Gasteiger partial charge on any atom is 0.0584 e. The van der Waals surface area contributed by atoms with Gasteiger partial charge in [0.1, 0.15) is 0 Å². The van der Waals surface area contributed by atoms with Crippen molar-refractivity contribution >= 4 is 0 Å². The molecule has 0 radical (unpaired) electrons. The number of hydrogen-bond acceptors (Lipinski definition) is 3. The summed E-state index contributed by atoms with van der Waals surface area (Å²) in [5, 5.41) is 12.6. The van der Waals surface area contributed by atoms with Crippen molar-refractivity contribution in [2.45, 2.75) is 51.1 Å². The van der Waals surface area contributed by atoms with Crippen LogP contribution in [0.1, 0.15) is 39.0 Å². The maximum absolute atomic E-state index is 9.16. The molecule has 3 heteroatoms. The molecule has 0 bridgehead atoms. The van der Waals surface area contributed by atoms with Crippen molar-refractivity contribution in [1.29, 1.82) is 0 Å². The Morgan fingerprint density at radius 1 is 1.31 bits per heavy atom. The second-order valence-electron chi connectivity index (χ2n) is 5.26. The van der Waals surface area contributed by atoms with Crippen LogP contribution in [-0.2, 0) is 0 Å². The third-order valence-electron chi connectivity index (χ3n) is 4.07. The van der Waals surface area contributed by atoms with Gasteiger partial charge in [-0.05, 0) is 39.8 Å². The Bertz CT molecular complexity index is 187. The van der Waals surface area contributed by atoms with Crippen LogP contribution in [0.25, 0.3) is 0 Å². The van der Waals surface area contributed by atoms with E-state index in [2.05, 4.69) is 31.2 Å². The van der Waals surface area contributed by atoms with Gasteiger partial charge in [0.2, 0.25) is 0 Å². The van der Waals surface area contributed by atoms with Gasteiger partial charge < -0.3 is 15.3 Å². The first-order chi connectivity index (χ1) is 7.69. The summed E-state index contributed by atoms with van der Waals surface area (Å²) < 4.78 is 0. The highest BCUT2D eigenvalue weighted by atomic mass is 16.3. The SMILES string of the molecule is CNC1CCCCCC1CN(C)C(C)CO. The van der Waals surface area contributed by atoms with Gasteiger partial charge in [-0.3, -0.25) is 0 Å². The van der Waals surface area contributed by atoms with Gasteiger partial charge >= 0.3 is 0 Å². The second kappa shape index (κ2) is 7.25. The zero-order valence-electron chi connectivity index (χ0n) is 11.1. The Balaban J connectivity index is 2.47. The van der Waals surface area contributed by atoms with Gasteiger partial charge in [-0.25, -0.2) is 0 Å². The van der Waals surface area contributed by atoms with Crippen molar-refractivity contribution in [3.05, 3.63) is 0 Å². The summed E-state index contributed by atoms with van der Waals surface area (Å²) in [6.07, 6.45) is 6.75. The van der Waals surface area contributed by atoms with Crippen LogP contribution in [0.3, 0.4) is 0 Å². The highest BCUT2D eigenvalue weighted by Gasteiger charge is 2.24. The van der Waals surface area contributed by atoms with Crippen LogP contribution < -0.4 is 5.32 Å². The highest BCUT2D eigenvalue weighted by Crippen LogP contribution is 2.24. The summed E-state index contributed by atoms with van der Waals surface area (Å²) in [5.74, 6) is 0.742. The maximum atomic E-state index is 9.16. The molecule has 0 aromatic rings. The lowest BCUT2D eigenvalue weighted by atomic mass is 9.94. The van der Waals surface area contributed by atoms with E-state index in [1.807, 2.05) is 0 Å². The zero-order valence-corrected chi connectivity index (χ0v) is 11.1. The Hall–Kier alpha value is -0.120. The topological polar surface area (TPSA) is 35.5 Å². The Kier molecular flexibility index (Phi) is 6.32. The van der Waals surface area contributed by atoms with E-state index in [0.29, 0.717) is 6.04 Å². The van der Waals surface area contributed by atoms with Crippen LogP contribution in [0.5, 0.6) is 0 Å². The molecule has 1 rings (SSSR count). The van der Waals surface area contributed by atoms with E-state index in [9.17, 15) is 0 Å². The number of aliphatic hydroxyl groups is 1. The first-order valence-electron chi connectivity index (χ1n) is 6.67. The molecule has 1 aliphatic rings. The third kappa shape index (κ3) is 4.04. The molecule has 1 aliphatic carbocycles. The second-order valence-corrected chi connectivity index (χ2v) is 5.26. The molecule has 0 aliphatic heterocycles. The Labute approximate surface area is 100 Å². The smallest absolute Gasteiger partial charge is 0.0584 e. The molecule has 0 aromatic heterocycles. The minimum absolute atomic E-state index is 0.257. The van der Waals surface area contributed by atoms with E-state index in [4.69, 9.17) is 5.11 Å². The summed E-state index contributed by atoms with van der Waals surface area (Å²) in [7, 11) is 4.21. The molecule has 16 heavy (non-hydrogen) atoms. The van der Waals surface area contributed by atoms with Crippen LogP contribution in [0.2, 0.25) is 0 Å². The van der Waals surface area contributed by atoms with Gasteiger partial charge in [0.25, 0.3) is 0 Å². The van der Waals surface area contributed by atoms with Crippen molar-refractivity contribution in [2.24, 2.45) is 5.92 Å². The van der Waals surface area contributed by atoms with Crippen LogP contribution >= 0.6 is 0 Å². The lowest BCUT2D eigenvalue weighted by molar-refractivity contribution is 0.131. The van der Waals surface area contributed by atoms with Gasteiger partial charge in [-0.15, -0.1) is 0 Å². The molecule has 2 N–H and O–H groups in total. The first kappa shape index (κ1) is 13.9. The van der Waals surface area contributed by atoms with Gasteiger partial charge in [0.15, 0.2) is 0 Å². The molecule has 0 saturated heterocycles. The van der Waals surface area contributed by atoms with E-state index in [1.165, 1.54) is 32.1 Å². The molecule has 3 unspecified atom stereocenters. The normalized spacial score (nSPS) is 29.1. The molecule has 0 aromatic carbocycles. The van der Waals surface area contributed by atoms with Crippen molar-refractivity contribution in [3.8, 4) is 0 Å². The highest BCUT2D eigenvalue weighted by molar-refractivity contribution is 4.81. The number of nitrogens with one attached hydrogen (secondary N) is 1. The molecule has 0 spiro atoms. The van der Waals surface area contributed by atoms with Gasteiger partial charge in [-0.1, -0.05) is 19.3 Å². The first-order valence-corrected chi connectivity index (χ1v) is 6.67. The lowest BCUT2D eigenvalue weighted by Crippen LogP contribution is -2.42. The van der Waals surface area contributed by atoms with Gasteiger partial charge in [0, 0.05) is 18.6 Å². The minimum atomic E-state index is 0.257. The van der Waals surface area contributed by atoms with E-state index >= 15 is 0 Å². The van der Waals surface area contributed by atoms with Crippen LogP contribution in [-0.4, -0.2) is 49.3 Å². The molecule has 96 valence electrons. The number of likely N-dealkylation sites (N-methyl/N-ethyl adjacent to an activating group) is 1. The molecule has 0 amide bonds. The van der Waals surface area contributed by atoms with E-state index in [-0.39, 0.29) is 12.6 Å². The molecule has 1 saturated carbocycles.